The van der Waals surface area contributed by atoms with E-state index >= 15 is 0 Å². The average Bonchev–Trinajstić information content (AvgIpc) is 3.13. The Morgan fingerprint density at radius 2 is 2.00 bits per heavy atom. The van der Waals surface area contributed by atoms with Crippen molar-refractivity contribution in [2.75, 3.05) is 19.4 Å². The van der Waals surface area contributed by atoms with Crippen LogP contribution in [0, 0.1) is 13.8 Å². The second kappa shape index (κ2) is 6.28. The van der Waals surface area contributed by atoms with Crippen LogP contribution in [0.2, 0.25) is 0 Å². The quantitative estimate of drug-likeness (QED) is 0.867. The second-order valence-electron chi connectivity index (χ2n) is 5.66. The molecule has 2 heterocycles. The summed E-state index contributed by atoms with van der Waals surface area (Å²) in [6.45, 7) is 4.60. The van der Waals surface area contributed by atoms with E-state index in [9.17, 15) is 4.79 Å². The van der Waals surface area contributed by atoms with Crippen LogP contribution >= 0.6 is 11.8 Å². The second-order valence-corrected chi connectivity index (χ2v) is 6.85. The first-order valence-electron chi connectivity index (χ1n) is 7.59. The Bertz CT molecular complexity index is 724. The van der Waals surface area contributed by atoms with E-state index in [-0.39, 0.29) is 11.3 Å². The maximum atomic E-state index is 13.0. The Kier molecular flexibility index (Phi) is 4.35. The molecule has 5 nitrogen and oxygen atoms in total. The highest BCUT2D eigenvalue weighted by molar-refractivity contribution is 7.99. The molecule has 2 aromatic rings. The molecule has 1 atom stereocenters. The Morgan fingerprint density at radius 1 is 1.30 bits per heavy atom. The number of carbonyl (C=O) groups is 1. The lowest BCUT2D eigenvalue weighted by atomic mass is 10.1. The highest BCUT2D eigenvalue weighted by Gasteiger charge is 2.33. The van der Waals surface area contributed by atoms with Crippen LogP contribution in [-0.4, -0.2) is 40.0 Å². The molecule has 1 fully saturated rings. The number of aromatic nitrogens is 2. The van der Waals surface area contributed by atoms with Gasteiger partial charge in [0, 0.05) is 25.0 Å². The highest BCUT2D eigenvalue weighted by atomic mass is 32.2. The van der Waals surface area contributed by atoms with E-state index in [0.717, 1.165) is 40.6 Å². The fourth-order valence-corrected chi connectivity index (χ4v) is 4.21. The van der Waals surface area contributed by atoms with E-state index in [1.807, 2.05) is 50.1 Å². The molecule has 0 spiro atoms. The highest BCUT2D eigenvalue weighted by Crippen LogP contribution is 2.39. The molecule has 23 heavy (non-hydrogen) atoms. The number of ether oxygens (including phenoxy) is 1. The van der Waals surface area contributed by atoms with E-state index in [1.165, 1.54) is 0 Å². The van der Waals surface area contributed by atoms with Crippen LogP contribution in [0.5, 0.6) is 5.75 Å². The van der Waals surface area contributed by atoms with Crippen molar-refractivity contribution < 1.29 is 9.53 Å². The SMILES string of the molecule is COc1ccc(C2SCCN2C(=O)c2c(C)nn(C)c2C)cc1. The van der Waals surface area contributed by atoms with Gasteiger partial charge in [0.2, 0.25) is 0 Å². The van der Waals surface area contributed by atoms with Crippen molar-refractivity contribution in [2.45, 2.75) is 19.2 Å². The number of rotatable bonds is 3. The molecule has 1 aliphatic rings. The number of thioether (sulfide) groups is 1. The van der Waals surface area contributed by atoms with Gasteiger partial charge < -0.3 is 9.64 Å². The van der Waals surface area contributed by atoms with Crippen LogP contribution < -0.4 is 4.74 Å². The number of hydrogen-bond acceptors (Lipinski definition) is 4. The van der Waals surface area contributed by atoms with Crippen LogP contribution in [0.3, 0.4) is 0 Å². The summed E-state index contributed by atoms with van der Waals surface area (Å²) in [5, 5.41) is 4.42. The van der Waals surface area contributed by atoms with E-state index in [2.05, 4.69) is 5.10 Å². The van der Waals surface area contributed by atoms with Crippen molar-refractivity contribution in [1.29, 1.82) is 0 Å². The maximum absolute atomic E-state index is 13.0. The molecule has 1 aromatic carbocycles. The Balaban J connectivity index is 1.90. The number of hydrogen-bond donors (Lipinski definition) is 0. The molecule has 0 saturated carbocycles. The topological polar surface area (TPSA) is 47.4 Å². The van der Waals surface area contributed by atoms with Gasteiger partial charge in [-0.2, -0.15) is 5.10 Å². The molecule has 3 rings (SSSR count). The fourth-order valence-electron chi connectivity index (χ4n) is 2.95. The van der Waals surface area contributed by atoms with Gasteiger partial charge in [0.05, 0.1) is 18.4 Å². The smallest absolute Gasteiger partial charge is 0.258 e. The van der Waals surface area contributed by atoms with Gasteiger partial charge >= 0.3 is 0 Å². The minimum Gasteiger partial charge on any atom is -0.497 e. The zero-order valence-electron chi connectivity index (χ0n) is 13.9. The van der Waals surface area contributed by atoms with Gasteiger partial charge in [0.25, 0.3) is 5.91 Å². The van der Waals surface area contributed by atoms with Gasteiger partial charge in [0.15, 0.2) is 0 Å². The van der Waals surface area contributed by atoms with E-state index < -0.39 is 0 Å². The summed E-state index contributed by atoms with van der Waals surface area (Å²) in [5.74, 6) is 1.84. The normalized spacial score (nSPS) is 17.6. The number of nitrogens with zero attached hydrogens (tertiary/aromatic N) is 3. The first kappa shape index (κ1) is 15.9. The van der Waals surface area contributed by atoms with Crippen molar-refractivity contribution in [3.8, 4) is 5.75 Å². The summed E-state index contributed by atoms with van der Waals surface area (Å²) in [5.41, 5.74) is 3.56. The first-order chi connectivity index (χ1) is 11.0. The van der Waals surface area contributed by atoms with Crippen LogP contribution in [0.4, 0.5) is 0 Å². The molecular formula is C17H21N3O2S. The van der Waals surface area contributed by atoms with Gasteiger partial charge in [0.1, 0.15) is 11.1 Å². The minimum absolute atomic E-state index is 0.0485. The first-order valence-corrected chi connectivity index (χ1v) is 8.64. The summed E-state index contributed by atoms with van der Waals surface area (Å²) in [6.07, 6.45) is 0. The van der Waals surface area contributed by atoms with Crippen LogP contribution in [-0.2, 0) is 7.05 Å². The lowest BCUT2D eigenvalue weighted by Gasteiger charge is -2.24. The Morgan fingerprint density at radius 3 is 2.57 bits per heavy atom. The predicted molar refractivity (Wildman–Crippen MR) is 91.9 cm³/mol. The van der Waals surface area contributed by atoms with Crippen molar-refractivity contribution >= 4 is 17.7 Å². The molecule has 122 valence electrons. The molecular weight excluding hydrogens is 310 g/mol. The number of benzene rings is 1. The third-order valence-corrected chi connectivity index (χ3v) is 5.54. The molecule has 0 bridgehead atoms. The zero-order chi connectivity index (χ0) is 16.6. The third-order valence-electron chi connectivity index (χ3n) is 4.28. The third kappa shape index (κ3) is 2.83. The standard InChI is InChI=1S/C17H21N3O2S/c1-11-15(12(2)19(3)18-11)16(21)20-9-10-23-17(20)13-5-7-14(22-4)8-6-13/h5-8,17H,9-10H2,1-4H3. The van der Waals surface area contributed by atoms with Gasteiger partial charge in [-0.15, -0.1) is 11.8 Å². The lowest BCUT2D eigenvalue weighted by Crippen LogP contribution is -2.31. The number of aryl methyl sites for hydroxylation is 2. The molecule has 1 saturated heterocycles. The maximum Gasteiger partial charge on any atom is 0.258 e. The van der Waals surface area contributed by atoms with Crippen LogP contribution in [0.15, 0.2) is 24.3 Å². The predicted octanol–water partition coefficient (Wildman–Crippen LogP) is 2.93. The van der Waals surface area contributed by atoms with Gasteiger partial charge in [-0.25, -0.2) is 0 Å². The molecule has 1 unspecified atom stereocenters. The summed E-state index contributed by atoms with van der Waals surface area (Å²) in [6, 6.07) is 7.95. The summed E-state index contributed by atoms with van der Waals surface area (Å²) >= 11 is 1.80. The van der Waals surface area contributed by atoms with Crippen LogP contribution in [0.1, 0.15) is 32.7 Å². The molecule has 1 aromatic heterocycles. The van der Waals surface area contributed by atoms with Crippen LogP contribution in [0.25, 0.3) is 0 Å². The fraction of sp³-hybridized carbons (Fsp3) is 0.412. The summed E-state index contributed by atoms with van der Waals surface area (Å²) in [4.78, 5) is 15.0. The zero-order valence-corrected chi connectivity index (χ0v) is 14.7. The van der Waals surface area contributed by atoms with E-state index in [4.69, 9.17) is 4.74 Å². The van der Waals surface area contributed by atoms with Crippen molar-refractivity contribution in [2.24, 2.45) is 7.05 Å². The lowest BCUT2D eigenvalue weighted by molar-refractivity contribution is 0.0758. The Hall–Kier alpha value is -1.95. The van der Waals surface area contributed by atoms with Crippen molar-refractivity contribution in [3.05, 3.63) is 46.8 Å². The average molecular weight is 331 g/mol. The Labute approximate surface area is 140 Å². The minimum atomic E-state index is 0.0485. The molecule has 0 N–H and O–H groups in total. The molecule has 1 amide bonds. The molecule has 6 heteroatoms. The summed E-state index contributed by atoms with van der Waals surface area (Å²) in [7, 11) is 3.53. The van der Waals surface area contributed by atoms with E-state index in [1.54, 1.807) is 23.6 Å². The number of amides is 1. The summed E-state index contributed by atoms with van der Waals surface area (Å²) < 4.78 is 6.98. The van der Waals surface area contributed by atoms with Crippen molar-refractivity contribution in [3.63, 3.8) is 0 Å². The van der Waals surface area contributed by atoms with Gasteiger partial charge in [-0.3, -0.25) is 9.48 Å². The van der Waals surface area contributed by atoms with Gasteiger partial charge in [-0.05, 0) is 31.5 Å². The monoisotopic (exact) mass is 331 g/mol. The number of carbonyl (C=O) groups excluding carboxylic acids is 1. The van der Waals surface area contributed by atoms with Crippen molar-refractivity contribution in [1.82, 2.24) is 14.7 Å². The largest absolute Gasteiger partial charge is 0.497 e. The number of methoxy groups -OCH3 is 1. The molecule has 0 radical (unpaired) electrons. The molecule has 0 aliphatic carbocycles. The van der Waals surface area contributed by atoms with Gasteiger partial charge in [-0.1, -0.05) is 12.1 Å². The molecule has 1 aliphatic heterocycles. The van der Waals surface area contributed by atoms with E-state index in [0.29, 0.717) is 0 Å².